The fourth-order valence-electron chi connectivity index (χ4n) is 2.44. The van der Waals surface area contributed by atoms with Crippen LogP contribution in [-0.2, 0) is 20.0 Å². The number of nitrogens with zero attached hydrogens (tertiary/aromatic N) is 3. The van der Waals surface area contributed by atoms with Crippen molar-refractivity contribution >= 4 is 0 Å². The highest BCUT2D eigenvalue weighted by Crippen LogP contribution is 2.16. The first kappa shape index (κ1) is 15.5. The lowest BCUT2D eigenvalue weighted by Crippen LogP contribution is -2.30. The highest BCUT2D eigenvalue weighted by Gasteiger charge is 2.13. The molecule has 114 valence electrons. The van der Waals surface area contributed by atoms with E-state index in [0.717, 1.165) is 6.42 Å². The smallest absolute Gasteiger partial charge is 0.311 e. The summed E-state index contributed by atoms with van der Waals surface area (Å²) in [4.78, 5) is 11.9. The van der Waals surface area contributed by atoms with Crippen molar-refractivity contribution in [3.8, 4) is 0 Å². The van der Waals surface area contributed by atoms with Gasteiger partial charge < -0.3 is 5.32 Å². The zero-order valence-electron chi connectivity index (χ0n) is 13.2. The van der Waals surface area contributed by atoms with Crippen LogP contribution in [-0.4, -0.2) is 21.4 Å². The van der Waals surface area contributed by atoms with E-state index in [0.29, 0.717) is 12.5 Å². The Morgan fingerprint density at radius 2 is 1.90 bits per heavy atom. The molecule has 0 saturated carbocycles. The number of aromatic nitrogens is 3. The molecule has 0 spiro atoms. The van der Waals surface area contributed by atoms with Crippen LogP contribution in [0.15, 0.2) is 35.4 Å². The molecule has 1 unspecified atom stereocenters. The lowest BCUT2D eigenvalue weighted by Gasteiger charge is -2.17. The van der Waals surface area contributed by atoms with Gasteiger partial charge in [-0.05, 0) is 30.5 Å². The van der Waals surface area contributed by atoms with E-state index in [-0.39, 0.29) is 11.7 Å². The van der Waals surface area contributed by atoms with Crippen molar-refractivity contribution in [3.63, 3.8) is 0 Å². The maximum atomic E-state index is 11.9. The number of benzene rings is 1. The van der Waals surface area contributed by atoms with Gasteiger partial charge in [-0.25, -0.2) is 9.48 Å². The number of hydrogen-bond acceptors (Lipinski definition) is 3. The molecule has 0 saturated heterocycles. The molecule has 1 atom stereocenters. The number of rotatable bonds is 6. The van der Waals surface area contributed by atoms with Gasteiger partial charge in [0.1, 0.15) is 6.33 Å². The topological polar surface area (TPSA) is 51.9 Å². The Bertz CT molecular complexity index is 624. The van der Waals surface area contributed by atoms with Gasteiger partial charge in [-0.1, -0.05) is 38.1 Å². The van der Waals surface area contributed by atoms with Crippen LogP contribution in [0, 0.1) is 5.92 Å². The third kappa shape index (κ3) is 3.82. The first-order chi connectivity index (χ1) is 10.0. The van der Waals surface area contributed by atoms with Crippen LogP contribution in [0.2, 0.25) is 0 Å². The maximum Gasteiger partial charge on any atom is 0.345 e. The molecule has 1 aromatic carbocycles. The number of aryl methyl sites for hydroxylation is 1. The molecule has 21 heavy (non-hydrogen) atoms. The Labute approximate surface area is 125 Å². The van der Waals surface area contributed by atoms with Gasteiger partial charge in [0.15, 0.2) is 0 Å². The minimum absolute atomic E-state index is 0.0747. The Balaban J connectivity index is 2.14. The second kappa shape index (κ2) is 6.72. The van der Waals surface area contributed by atoms with Gasteiger partial charge in [0, 0.05) is 7.05 Å². The van der Waals surface area contributed by atoms with Gasteiger partial charge >= 0.3 is 5.69 Å². The molecule has 2 aromatic rings. The highest BCUT2D eigenvalue weighted by molar-refractivity contribution is 5.25. The maximum absolute atomic E-state index is 11.9. The Morgan fingerprint density at radius 3 is 2.38 bits per heavy atom. The van der Waals surface area contributed by atoms with Crippen LogP contribution < -0.4 is 11.0 Å². The average molecular weight is 288 g/mol. The van der Waals surface area contributed by atoms with E-state index in [1.54, 1.807) is 13.4 Å². The van der Waals surface area contributed by atoms with Crippen molar-refractivity contribution in [2.24, 2.45) is 13.0 Å². The summed E-state index contributed by atoms with van der Waals surface area (Å²) in [6.07, 6.45) is 2.63. The van der Waals surface area contributed by atoms with Gasteiger partial charge in [0.05, 0.1) is 12.6 Å². The average Bonchev–Trinajstić information content (AvgIpc) is 2.77. The monoisotopic (exact) mass is 288 g/mol. The fraction of sp³-hybridized carbons (Fsp3) is 0.500. The van der Waals surface area contributed by atoms with Gasteiger partial charge in [-0.3, -0.25) is 4.57 Å². The molecule has 0 radical (unpaired) electrons. The summed E-state index contributed by atoms with van der Waals surface area (Å²) in [5.41, 5.74) is 2.42. The van der Waals surface area contributed by atoms with Crippen LogP contribution in [0.4, 0.5) is 0 Å². The molecule has 1 heterocycles. The zero-order valence-corrected chi connectivity index (χ0v) is 13.2. The minimum Gasteiger partial charge on any atom is -0.311 e. The van der Waals surface area contributed by atoms with Crippen molar-refractivity contribution in [2.45, 2.75) is 32.9 Å². The van der Waals surface area contributed by atoms with Gasteiger partial charge in [0.2, 0.25) is 0 Å². The molecule has 5 nitrogen and oxygen atoms in total. The SMILES string of the molecule is CNC(Cn1ncn(C)c1=O)c1ccc(CC(C)C)cc1. The lowest BCUT2D eigenvalue weighted by atomic mass is 9.99. The summed E-state index contributed by atoms with van der Waals surface area (Å²) in [6.45, 7) is 4.97. The molecule has 0 fully saturated rings. The molecule has 0 aliphatic heterocycles. The summed E-state index contributed by atoms with van der Waals surface area (Å²) in [6, 6.07) is 8.67. The van der Waals surface area contributed by atoms with E-state index in [1.165, 1.54) is 20.4 Å². The number of nitrogens with one attached hydrogen (secondary N) is 1. The molecule has 0 aliphatic carbocycles. The van der Waals surface area contributed by atoms with Crippen LogP contribution in [0.1, 0.15) is 31.0 Å². The lowest BCUT2D eigenvalue weighted by molar-refractivity contribution is 0.455. The van der Waals surface area contributed by atoms with E-state index < -0.39 is 0 Å². The van der Waals surface area contributed by atoms with Crippen molar-refractivity contribution in [3.05, 3.63) is 52.2 Å². The van der Waals surface area contributed by atoms with Gasteiger partial charge in [0.25, 0.3) is 0 Å². The van der Waals surface area contributed by atoms with Crippen molar-refractivity contribution in [1.29, 1.82) is 0 Å². The number of likely N-dealkylation sites (N-methyl/N-ethyl adjacent to an activating group) is 1. The second-order valence-electron chi connectivity index (χ2n) is 5.89. The molecular formula is C16H24N4O. The van der Waals surface area contributed by atoms with Crippen LogP contribution in [0.3, 0.4) is 0 Å². The summed E-state index contributed by atoms with van der Waals surface area (Å²) in [7, 11) is 3.61. The third-order valence-corrected chi connectivity index (χ3v) is 3.62. The quantitative estimate of drug-likeness (QED) is 0.881. The first-order valence-electron chi connectivity index (χ1n) is 7.35. The Kier molecular flexibility index (Phi) is 4.96. The van der Waals surface area contributed by atoms with E-state index in [1.807, 2.05) is 7.05 Å². The first-order valence-corrected chi connectivity index (χ1v) is 7.35. The van der Waals surface area contributed by atoms with E-state index in [2.05, 4.69) is 48.5 Å². The summed E-state index contributed by atoms with van der Waals surface area (Å²) in [5.74, 6) is 0.656. The largest absolute Gasteiger partial charge is 0.345 e. The standard InChI is InChI=1S/C16H24N4O/c1-12(2)9-13-5-7-14(8-6-13)15(17-3)10-20-16(21)19(4)11-18-20/h5-8,11-12,15,17H,9-10H2,1-4H3. The molecule has 0 amide bonds. The molecular weight excluding hydrogens is 264 g/mol. The molecule has 5 heteroatoms. The molecule has 0 bridgehead atoms. The summed E-state index contributed by atoms with van der Waals surface area (Å²) in [5, 5.41) is 7.37. The van der Waals surface area contributed by atoms with Crippen molar-refractivity contribution < 1.29 is 0 Å². The van der Waals surface area contributed by atoms with Gasteiger partial charge in [-0.2, -0.15) is 5.10 Å². The van der Waals surface area contributed by atoms with Crippen molar-refractivity contribution in [1.82, 2.24) is 19.7 Å². The summed E-state index contributed by atoms with van der Waals surface area (Å²) < 4.78 is 2.97. The third-order valence-electron chi connectivity index (χ3n) is 3.62. The molecule has 1 aromatic heterocycles. The number of hydrogen-bond donors (Lipinski definition) is 1. The van der Waals surface area contributed by atoms with E-state index >= 15 is 0 Å². The highest BCUT2D eigenvalue weighted by atomic mass is 16.2. The molecule has 2 rings (SSSR count). The predicted molar refractivity (Wildman–Crippen MR) is 84.3 cm³/mol. The predicted octanol–water partition coefficient (Wildman–Crippen LogP) is 1.74. The van der Waals surface area contributed by atoms with Crippen LogP contribution in [0.25, 0.3) is 0 Å². The van der Waals surface area contributed by atoms with Gasteiger partial charge in [-0.15, -0.1) is 0 Å². The minimum atomic E-state index is -0.0910. The van der Waals surface area contributed by atoms with E-state index in [9.17, 15) is 4.79 Å². The zero-order chi connectivity index (χ0) is 15.4. The van der Waals surface area contributed by atoms with Crippen LogP contribution >= 0.6 is 0 Å². The van der Waals surface area contributed by atoms with E-state index in [4.69, 9.17) is 0 Å². The summed E-state index contributed by atoms with van der Waals surface area (Å²) >= 11 is 0. The normalized spacial score (nSPS) is 12.8. The second-order valence-corrected chi connectivity index (χ2v) is 5.89. The molecule has 1 N–H and O–H groups in total. The Hall–Kier alpha value is -1.88. The Morgan fingerprint density at radius 1 is 1.24 bits per heavy atom. The van der Waals surface area contributed by atoms with Crippen molar-refractivity contribution in [2.75, 3.05) is 7.05 Å². The van der Waals surface area contributed by atoms with Crippen LogP contribution in [0.5, 0.6) is 0 Å². The fourth-order valence-corrected chi connectivity index (χ4v) is 2.44. The molecule has 0 aliphatic rings.